The Kier molecular flexibility index (Phi) is 7.33. The van der Waals surface area contributed by atoms with E-state index in [9.17, 15) is 9.59 Å². The molecule has 0 spiro atoms. The average Bonchev–Trinajstić information content (AvgIpc) is 2.95. The van der Waals surface area contributed by atoms with E-state index in [4.69, 9.17) is 20.2 Å². The van der Waals surface area contributed by atoms with E-state index in [-0.39, 0.29) is 18.1 Å². The summed E-state index contributed by atoms with van der Waals surface area (Å²) >= 11 is 0. The van der Waals surface area contributed by atoms with Crippen LogP contribution in [0.15, 0.2) is 82.7 Å². The fourth-order valence-electron chi connectivity index (χ4n) is 4.77. The van der Waals surface area contributed by atoms with Crippen molar-refractivity contribution in [2.75, 3.05) is 13.7 Å². The summed E-state index contributed by atoms with van der Waals surface area (Å²) < 4.78 is 12.7. The lowest BCUT2D eigenvalue weighted by atomic mass is 9.96. The smallest absolute Gasteiger partial charge is 0.282 e. The van der Waals surface area contributed by atoms with Gasteiger partial charge in [0.05, 0.1) is 24.2 Å². The summed E-state index contributed by atoms with van der Waals surface area (Å²) in [5, 5.41) is 6.93. The van der Waals surface area contributed by atoms with Crippen LogP contribution >= 0.6 is 0 Å². The quantitative estimate of drug-likeness (QED) is 0.268. The van der Waals surface area contributed by atoms with Crippen LogP contribution in [0, 0.1) is 6.92 Å². The Balaban J connectivity index is 1.77. The molecule has 0 aliphatic carbocycles. The molecule has 1 heterocycles. The second kappa shape index (κ2) is 11.0. The van der Waals surface area contributed by atoms with Crippen LogP contribution in [0.3, 0.4) is 0 Å². The largest absolute Gasteiger partial charge is 0.496 e. The third-order valence-electron chi connectivity index (χ3n) is 6.80. The fourth-order valence-corrected chi connectivity index (χ4v) is 4.77. The number of aryl methyl sites for hydroxylation is 1. The molecule has 40 heavy (non-hydrogen) atoms. The van der Waals surface area contributed by atoms with E-state index in [0.717, 1.165) is 33.2 Å². The van der Waals surface area contributed by atoms with Crippen molar-refractivity contribution in [3.63, 3.8) is 0 Å². The van der Waals surface area contributed by atoms with Gasteiger partial charge in [-0.2, -0.15) is 9.78 Å². The molecule has 1 amide bonds. The lowest BCUT2D eigenvalue weighted by Crippen LogP contribution is -2.21. The molecule has 0 bridgehead atoms. The first-order valence-electron chi connectivity index (χ1n) is 13.0. The van der Waals surface area contributed by atoms with Gasteiger partial charge in [-0.3, -0.25) is 9.59 Å². The number of hydrogen-bond donors (Lipinski definition) is 1. The van der Waals surface area contributed by atoms with Crippen LogP contribution in [-0.4, -0.2) is 35.5 Å². The van der Waals surface area contributed by atoms with Crippen LogP contribution in [0.4, 0.5) is 0 Å². The first kappa shape index (κ1) is 26.6. The number of para-hydroxylation sites is 1. The molecule has 1 aromatic heterocycles. The van der Waals surface area contributed by atoms with Crippen LogP contribution in [-0.2, 0) is 4.79 Å². The van der Waals surface area contributed by atoms with Crippen LogP contribution in [0.1, 0.15) is 36.5 Å². The molecule has 4 aromatic carbocycles. The van der Waals surface area contributed by atoms with E-state index < -0.39 is 5.91 Å². The fraction of sp³-hybridized carbons (Fsp3) is 0.188. The molecule has 0 aliphatic heterocycles. The number of benzene rings is 4. The topological polar surface area (TPSA) is 109 Å². The summed E-state index contributed by atoms with van der Waals surface area (Å²) in [4.78, 5) is 30.2. The minimum Gasteiger partial charge on any atom is -0.496 e. The van der Waals surface area contributed by atoms with Gasteiger partial charge in [0.2, 0.25) is 0 Å². The van der Waals surface area contributed by atoms with E-state index in [1.54, 1.807) is 31.5 Å². The Morgan fingerprint density at radius 3 is 2.48 bits per heavy atom. The normalized spacial score (nSPS) is 11.5. The van der Waals surface area contributed by atoms with Gasteiger partial charge in [-0.05, 0) is 65.1 Å². The molecule has 0 saturated heterocycles. The van der Waals surface area contributed by atoms with Gasteiger partial charge in [-0.15, -0.1) is 0 Å². The van der Waals surface area contributed by atoms with Crippen molar-refractivity contribution in [1.29, 1.82) is 0 Å². The number of fused-ring (bicyclic) bond motifs is 2. The predicted octanol–water partition coefficient (Wildman–Crippen LogP) is 5.40. The third-order valence-corrected chi connectivity index (χ3v) is 6.80. The Morgan fingerprint density at radius 1 is 1.02 bits per heavy atom. The molecular formula is C32H30N4O4. The van der Waals surface area contributed by atoms with E-state index in [0.29, 0.717) is 28.0 Å². The number of rotatable bonds is 8. The number of ether oxygens (including phenoxy) is 2. The maximum Gasteiger partial charge on any atom is 0.282 e. The molecule has 0 fully saturated rings. The molecule has 2 N–H and O–H groups in total. The highest BCUT2D eigenvalue weighted by Crippen LogP contribution is 2.34. The van der Waals surface area contributed by atoms with E-state index in [2.05, 4.69) is 18.9 Å². The van der Waals surface area contributed by atoms with E-state index in [1.807, 2.05) is 61.5 Å². The number of nitrogens with two attached hydrogens (primary N) is 1. The molecule has 0 radical (unpaired) electrons. The highest BCUT2D eigenvalue weighted by molar-refractivity contribution is 6.02. The number of carbonyl (C=O) groups is 1. The highest BCUT2D eigenvalue weighted by Gasteiger charge is 2.19. The van der Waals surface area contributed by atoms with E-state index in [1.165, 1.54) is 4.68 Å². The van der Waals surface area contributed by atoms with Crippen molar-refractivity contribution in [1.82, 2.24) is 9.66 Å². The second-order valence-corrected chi connectivity index (χ2v) is 9.83. The molecule has 0 atom stereocenters. The van der Waals surface area contributed by atoms with Crippen molar-refractivity contribution < 1.29 is 14.3 Å². The monoisotopic (exact) mass is 534 g/mol. The molecule has 8 heteroatoms. The Hall–Kier alpha value is -4.98. The number of hydrogen-bond acceptors (Lipinski definition) is 6. The van der Waals surface area contributed by atoms with Crippen molar-refractivity contribution >= 4 is 33.8 Å². The van der Waals surface area contributed by atoms with Gasteiger partial charge in [0.25, 0.3) is 11.5 Å². The first-order valence-corrected chi connectivity index (χ1v) is 13.0. The SMILES string of the molecule is COc1cc(C)c(-c2nc3ccccc3c(=O)n2N=Cc2c(OCC(N)=O)ccc3ccccc23)cc1C(C)C. The molecular weight excluding hydrogens is 504 g/mol. The Labute approximate surface area is 231 Å². The van der Waals surface area contributed by atoms with Gasteiger partial charge in [0.15, 0.2) is 12.4 Å². The lowest BCUT2D eigenvalue weighted by Gasteiger charge is -2.17. The molecule has 5 rings (SSSR count). The van der Waals surface area contributed by atoms with Gasteiger partial charge < -0.3 is 15.2 Å². The van der Waals surface area contributed by atoms with Crippen molar-refractivity contribution in [3.8, 4) is 22.9 Å². The van der Waals surface area contributed by atoms with Crippen LogP contribution in [0.25, 0.3) is 33.1 Å². The van der Waals surface area contributed by atoms with Crippen molar-refractivity contribution in [3.05, 3.63) is 99.8 Å². The summed E-state index contributed by atoms with van der Waals surface area (Å²) in [7, 11) is 1.65. The third kappa shape index (κ3) is 5.03. The molecule has 0 saturated carbocycles. The minimum absolute atomic E-state index is 0.180. The zero-order valence-corrected chi connectivity index (χ0v) is 22.8. The van der Waals surface area contributed by atoms with Crippen molar-refractivity contribution in [2.45, 2.75) is 26.7 Å². The maximum atomic E-state index is 13.9. The number of carbonyl (C=O) groups excluding carboxylic acids is 1. The second-order valence-electron chi connectivity index (χ2n) is 9.83. The van der Waals surface area contributed by atoms with E-state index >= 15 is 0 Å². The van der Waals surface area contributed by atoms with Crippen LogP contribution < -0.4 is 20.8 Å². The molecule has 202 valence electrons. The summed E-state index contributed by atoms with van der Waals surface area (Å²) in [6.45, 7) is 5.84. The molecule has 0 unspecified atom stereocenters. The predicted molar refractivity (Wildman–Crippen MR) is 158 cm³/mol. The molecule has 5 aromatic rings. The first-order chi connectivity index (χ1) is 19.3. The number of methoxy groups -OCH3 is 1. The summed E-state index contributed by atoms with van der Waals surface area (Å²) in [6.07, 6.45) is 1.57. The average molecular weight is 535 g/mol. The lowest BCUT2D eigenvalue weighted by molar-refractivity contribution is -0.119. The zero-order chi connectivity index (χ0) is 28.4. The standard InChI is InChI=1S/C32H30N4O4/c1-19(2)24-16-25(20(3)15-29(24)39-4)31-35-27-12-8-7-11-23(27)32(38)36(31)34-17-26-22-10-6-5-9-21(22)13-14-28(26)40-18-30(33)37/h5-17,19H,18H2,1-4H3,(H2,33,37). The number of amides is 1. The summed E-state index contributed by atoms with van der Waals surface area (Å²) in [5.74, 6) is 1.19. The van der Waals surface area contributed by atoms with Crippen molar-refractivity contribution in [2.24, 2.45) is 10.8 Å². The van der Waals surface area contributed by atoms with Crippen LogP contribution in [0.5, 0.6) is 11.5 Å². The Morgan fingerprint density at radius 2 is 1.75 bits per heavy atom. The van der Waals surface area contributed by atoms with Gasteiger partial charge >= 0.3 is 0 Å². The minimum atomic E-state index is -0.593. The summed E-state index contributed by atoms with van der Waals surface area (Å²) in [5.41, 5.74) is 8.87. The maximum absolute atomic E-state index is 13.9. The van der Waals surface area contributed by atoms with Gasteiger partial charge in [0.1, 0.15) is 11.5 Å². The zero-order valence-electron chi connectivity index (χ0n) is 22.8. The summed E-state index contributed by atoms with van der Waals surface area (Å²) in [6, 6.07) is 22.6. The molecule has 8 nitrogen and oxygen atoms in total. The molecule has 0 aliphatic rings. The number of aromatic nitrogens is 2. The highest BCUT2D eigenvalue weighted by atomic mass is 16.5. The number of primary amides is 1. The van der Waals surface area contributed by atoms with Gasteiger partial charge in [0, 0.05) is 11.1 Å². The Bertz CT molecular complexity index is 1840. The number of nitrogens with zero attached hydrogens (tertiary/aromatic N) is 3. The van der Waals surface area contributed by atoms with Gasteiger partial charge in [-0.25, -0.2) is 4.98 Å². The van der Waals surface area contributed by atoms with Crippen LogP contribution in [0.2, 0.25) is 0 Å². The van der Waals surface area contributed by atoms with Gasteiger partial charge in [-0.1, -0.05) is 56.3 Å².